The molecule has 2 aromatic carbocycles. The summed E-state index contributed by atoms with van der Waals surface area (Å²) in [6.45, 7) is 2.15. The van der Waals surface area contributed by atoms with Crippen LogP contribution in [-0.4, -0.2) is 50.6 Å². The molecule has 2 heterocycles. The van der Waals surface area contributed by atoms with Crippen LogP contribution in [0.5, 0.6) is 5.75 Å². The van der Waals surface area contributed by atoms with Gasteiger partial charge in [0.05, 0.1) is 23.8 Å². The molecule has 2 aromatic rings. The van der Waals surface area contributed by atoms with Crippen LogP contribution < -0.4 is 9.61 Å². The van der Waals surface area contributed by atoms with Crippen LogP contribution in [0.3, 0.4) is 0 Å². The Labute approximate surface area is 228 Å². The van der Waals surface area contributed by atoms with E-state index in [0.717, 1.165) is 29.5 Å². The van der Waals surface area contributed by atoms with Gasteiger partial charge in [-0.2, -0.15) is 18.1 Å². The van der Waals surface area contributed by atoms with Crippen molar-refractivity contribution in [1.82, 2.24) is 9.62 Å². The number of fused-ring (bicyclic) bond motifs is 1. The molecule has 0 saturated carbocycles. The number of carbonyl (C=O) groups is 2. The van der Waals surface area contributed by atoms with E-state index >= 15 is 0 Å². The van der Waals surface area contributed by atoms with Gasteiger partial charge in [-0.15, -0.1) is 0 Å². The number of carbonyl (C=O) groups excluding carboxylic acids is 2. The highest BCUT2D eigenvalue weighted by Crippen LogP contribution is 2.41. The molecule has 210 valence electrons. The Morgan fingerprint density at radius 3 is 2.74 bits per heavy atom. The van der Waals surface area contributed by atoms with Gasteiger partial charge < -0.3 is 9.79 Å². The predicted octanol–water partition coefficient (Wildman–Crippen LogP) is 4.44. The van der Waals surface area contributed by atoms with E-state index < -0.39 is 39.5 Å². The first kappa shape index (κ1) is 29.0. The number of benzene rings is 2. The second kappa shape index (κ2) is 12.0. The first-order valence-corrected chi connectivity index (χ1v) is 14.7. The highest BCUT2D eigenvalue weighted by Gasteiger charge is 2.34. The van der Waals surface area contributed by atoms with Gasteiger partial charge in [0.25, 0.3) is 0 Å². The van der Waals surface area contributed by atoms with Gasteiger partial charge in [-0.25, -0.2) is 8.42 Å². The van der Waals surface area contributed by atoms with Crippen molar-refractivity contribution < 1.29 is 41.0 Å². The maximum absolute atomic E-state index is 13.9. The molecule has 0 radical (unpaired) electrons. The summed E-state index contributed by atoms with van der Waals surface area (Å²) in [4.78, 5) is 37.1. The van der Waals surface area contributed by atoms with E-state index in [1.165, 1.54) is 30.0 Å². The van der Waals surface area contributed by atoms with Crippen LogP contribution in [-0.2, 0) is 37.1 Å². The van der Waals surface area contributed by atoms with Gasteiger partial charge in [-0.1, -0.05) is 17.8 Å². The lowest BCUT2D eigenvalue weighted by atomic mass is 9.97. The second-order valence-corrected chi connectivity index (χ2v) is 12.2. The highest BCUT2D eigenvalue weighted by molar-refractivity contribution is 7.99. The standard InChI is InChI=1S/C26H27F3N2O6S2/c1-2-39(34,35)30-25(33)19-4-3-12-31(16-19)24(32)10-6-17-5-9-23(21(14-17)26(27,28)29)38-20-7-8-22-18(15-20)11-13-36-37-22/h5-10,14-15,19H,2-4,11-13,16H2,1H3,(H,30,33). The van der Waals surface area contributed by atoms with Crippen molar-refractivity contribution in [2.45, 2.75) is 42.2 Å². The van der Waals surface area contributed by atoms with Crippen LogP contribution in [0, 0.1) is 5.92 Å². The SMILES string of the molecule is CCS(=O)(=O)NC(=O)C1CCCN(C(=O)C=Cc2ccc(Sc3ccc4c(c3)CCOO4)c(C(F)(F)F)c2)C1. The van der Waals surface area contributed by atoms with Crippen LogP contribution in [0.2, 0.25) is 0 Å². The van der Waals surface area contributed by atoms with Crippen LogP contribution in [0.4, 0.5) is 13.2 Å². The molecule has 0 aliphatic carbocycles. The Kier molecular flexibility index (Phi) is 8.92. The topological polar surface area (TPSA) is 102 Å². The normalized spacial score (nSPS) is 17.9. The van der Waals surface area contributed by atoms with Gasteiger partial charge in [0.15, 0.2) is 5.75 Å². The molecule has 1 atom stereocenters. The van der Waals surface area contributed by atoms with Crippen molar-refractivity contribution in [3.8, 4) is 5.75 Å². The van der Waals surface area contributed by atoms with Gasteiger partial charge in [0, 0.05) is 40.9 Å². The Morgan fingerprint density at radius 2 is 2.00 bits per heavy atom. The molecule has 1 N–H and O–H groups in total. The fraction of sp³-hybridized carbons (Fsp3) is 0.385. The Hall–Kier alpha value is -3.03. The zero-order valence-electron chi connectivity index (χ0n) is 21.0. The fourth-order valence-corrected chi connectivity index (χ4v) is 5.84. The number of nitrogens with zero attached hydrogens (tertiary/aromatic N) is 1. The average Bonchev–Trinajstić information content (AvgIpc) is 2.91. The minimum absolute atomic E-state index is 0.0193. The van der Waals surface area contributed by atoms with Crippen molar-refractivity contribution in [1.29, 1.82) is 0 Å². The number of amides is 2. The monoisotopic (exact) mass is 584 g/mol. The van der Waals surface area contributed by atoms with Gasteiger partial charge >= 0.3 is 6.18 Å². The van der Waals surface area contributed by atoms with Gasteiger partial charge in [-0.05, 0) is 61.7 Å². The second-order valence-electron chi connectivity index (χ2n) is 9.11. The van der Waals surface area contributed by atoms with Crippen molar-refractivity contribution in [3.63, 3.8) is 0 Å². The summed E-state index contributed by atoms with van der Waals surface area (Å²) in [6.07, 6.45) is -0.639. The van der Waals surface area contributed by atoms with Crippen molar-refractivity contribution in [2.75, 3.05) is 25.4 Å². The molecule has 2 amide bonds. The summed E-state index contributed by atoms with van der Waals surface area (Å²) in [5.74, 6) is -1.53. The molecule has 1 fully saturated rings. The largest absolute Gasteiger partial charge is 0.417 e. The van der Waals surface area contributed by atoms with Crippen LogP contribution in [0.15, 0.2) is 52.3 Å². The molecule has 1 saturated heterocycles. The summed E-state index contributed by atoms with van der Waals surface area (Å²) in [5.41, 5.74) is 0.213. The molecule has 0 bridgehead atoms. The molecular weight excluding hydrogens is 557 g/mol. The van der Waals surface area contributed by atoms with Gasteiger partial charge in [0.2, 0.25) is 21.8 Å². The first-order chi connectivity index (χ1) is 18.4. The summed E-state index contributed by atoms with van der Waals surface area (Å²) < 4.78 is 67.2. The zero-order valence-corrected chi connectivity index (χ0v) is 22.6. The lowest BCUT2D eigenvalue weighted by Gasteiger charge is -2.31. The Bertz CT molecular complexity index is 1380. The van der Waals surface area contributed by atoms with E-state index in [4.69, 9.17) is 9.78 Å². The molecular formula is C26H27F3N2O6S2. The third-order valence-electron chi connectivity index (χ3n) is 6.33. The maximum Gasteiger partial charge on any atom is 0.417 e. The number of rotatable bonds is 7. The summed E-state index contributed by atoms with van der Waals surface area (Å²) in [7, 11) is -3.72. The van der Waals surface area contributed by atoms with Gasteiger partial charge in [-0.3, -0.25) is 14.3 Å². The van der Waals surface area contributed by atoms with E-state index in [2.05, 4.69) is 0 Å². The lowest BCUT2D eigenvalue weighted by Crippen LogP contribution is -2.46. The number of sulfonamides is 1. The molecule has 0 aromatic heterocycles. The molecule has 2 aliphatic heterocycles. The molecule has 1 unspecified atom stereocenters. The van der Waals surface area contributed by atoms with Crippen LogP contribution in [0.1, 0.15) is 36.5 Å². The third-order valence-corrected chi connectivity index (χ3v) is 8.67. The number of piperidine rings is 1. The van der Waals surface area contributed by atoms with Crippen LogP contribution in [0.25, 0.3) is 6.08 Å². The highest BCUT2D eigenvalue weighted by atomic mass is 32.2. The predicted molar refractivity (Wildman–Crippen MR) is 138 cm³/mol. The minimum Gasteiger partial charge on any atom is -0.338 e. The number of hydrogen-bond acceptors (Lipinski definition) is 7. The summed E-state index contributed by atoms with van der Waals surface area (Å²) in [6, 6.07) is 8.95. The van der Waals surface area contributed by atoms with E-state index in [9.17, 15) is 31.2 Å². The van der Waals surface area contributed by atoms with Crippen LogP contribution >= 0.6 is 11.8 Å². The van der Waals surface area contributed by atoms with E-state index in [1.807, 2.05) is 4.72 Å². The molecule has 39 heavy (non-hydrogen) atoms. The Balaban J connectivity index is 1.46. The summed E-state index contributed by atoms with van der Waals surface area (Å²) in [5, 5.41) is 0. The third kappa shape index (κ3) is 7.55. The van der Waals surface area contributed by atoms with Crippen molar-refractivity contribution in [2.24, 2.45) is 5.92 Å². The molecule has 8 nitrogen and oxygen atoms in total. The number of likely N-dealkylation sites (tertiary alicyclic amines) is 1. The molecule has 0 spiro atoms. The number of halogens is 3. The lowest BCUT2D eigenvalue weighted by molar-refractivity contribution is -0.215. The smallest absolute Gasteiger partial charge is 0.338 e. The quantitative estimate of drug-likeness (QED) is 0.379. The first-order valence-electron chi connectivity index (χ1n) is 12.3. The van der Waals surface area contributed by atoms with Gasteiger partial charge in [0.1, 0.15) is 0 Å². The van der Waals surface area contributed by atoms with E-state index in [1.54, 1.807) is 18.2 Å². The summed E-state index contributed by atoms with van der Waals surface area (Å²) >= 11 is 0.982. The molecule has 4 rings (SSSR count). The van der Waals surface area contributed by atoms with Crippen molar-refractivity contribution >= 4 is 39.7 Å². The molecule has 13 heteroatoms. The van der Waals surface area contributed by atoms with E-state index in [-0.39, 0.29) is 22.8 Å². The molecule has 2 aliphatic rings. The van der Waals surface area contributed by atoms with Crippen molar-refractivity contribution in [3.05, 3.63) is 59.2 Å². The number of alkyl halides is 3. The number of hydrogen-bond donors (Lipinski definition) is 1. The average molecular weight is 585 g/mol. The maximum atomic E-state index is 13.9. The minimum atomic E-state index is -4.62. The van der Waals surface area contributed by atoms with E-state index in [0.29, 0.717) is 43.1 Å². The fourth-order valence-electron chi connectivity index (χ4n) is 4.21. The zero-order chi connectivity index (χ0) is 28.2. The number of nitrogens with one attached hydrogen (secondary N) is 1. The Morgan fingerprint density at radius 1 is 1.21 bits per heavy atom.